The smallest absolute Gasteiger partial charge is 0.339 e. The highest BCUT2D eigenvalue weighted by Gasteiger charge is 2.20. The molecule has 1 aromatic carbocycles. The molecule has 0 unspecified atom stereocenters. The quantitative estimate of drug-likeness (QED) is 0.881. The van der Waals surface area contributed by atoms with E-state index >= 15 is 0 Å². The number of halogens is 1. The van der Waals surface area contributed by atoms with Gasteiger partial charge in [-0.05, 0) is 37.5 Å². The third-order valence-electron chi connectivity index (χ3n) is 2.44. The fourth-order valence-electron chi connectivity index (χ4n) is 1.61. The summed E-state index contributed by atoms with van der Waals surface area (Å²) in [6, 6.07) is 1.77. The average molecular weight is 243 g/mol. The number of ether oxygens (including phenoxy) is 1. The van der Waals surface area contributed by atoms with Crippen molar-refractivity contribution in [1.82, 2.24) is 0 Å². The average Bonchev–Trinajstić information content (AvgIpc) is 2.23. The normalized spacial score (nSPS) is 10.2. The largest absolute Gasteiger partial charge is 0.493 e. The van der Waals surface area contributed by atoms with Crippen molar-refractivity contribution in [2.75, 3.05) is 6.61 Å². The molecule has 0 spiro atoms. The van der Waals surface area contributed by atoms with Crippen molar-refractivity contribution in [1.29, 1.82) is 0 Å². The van der Waals surface area contributed by atoms with Crippen molar-refractivity contribution in [2.24, 2.45) is 0 Å². The summed E-state index contributed by atoms with van der Waals surface area (Å²) in [4.78, 5) is 11.2. The van der Waals surface area contributed by atoms with E-state index < -0.39 is 5.97 Å². The Kier molecular flexibility index (Phi) is 4.19. The number of carbonyl (C=O) groups is 1. The monoisotopic (exact) mass is 242 g/mol. The Morgan fingerprint density at radius 1 is 1.50 bits per heavy atom. The van der Waals surface area contributed by atoms with Gasteiger partial charge in [-0.1, -0.05) is 18.5 Å². The molecule has 0 aliphatic carbocycles. The number of hydrogen-bond acceptors (Lipinski definition) is 2. The molecule has 4 heteroatoms. The molecule has 0 aliphatic heterocycles. The van der Waals surface area contributed by atoms with Gasteiger partial charge in [0, 0.05) is 5.02 Å². The molecule has 0 amide bonds. The number of rotatable bonds is 4. The van der Waals surface area contributed by atoms with E-state index in [1.54, 1.807) is 13.0 Å². The first-order chi connectivity index (χ1) is 7.52. The van der Waals surface area contributed by atoms with Crippen LogP contribution in [0.25, 0.3) is 0 Å². The molecule has 88 valence electrons. The third kappa shape index (κ3) is 2.30. The lowest BCUT2D eigenvalue weighted by Crippen LogP contribution is -2.08. The summed E-state index contributed by atoms with van der Waals surface area (Å²) in [5.74, 6) is -0.558. The fourth-order valence-corrected chi connectivity index (χ4v) is 1.83. The van der Waals surface area contributed by atoms with Crippen LogP contribution in [0.1, 0.15) is 35.3 Å². The molecule has 0 bridgehead atoms. The maximum absolute atomic E-state index is 11.2. The minimum absolute atomic E-state index is 0.172. The zero-order valence-electron chi connectivity index (χ0n) is 9.63. The molecule has 1 aromatic rings. The van der Waals surface area contributed by atoms with Crippen molar-refractivity contribution in [3.05, 3.63) is 27.8 Å². The van der Waals surface area contributed by atoms with Crippen LogP contribution in [0, 0.1) is 6.92 Å². The van der Waals surface area contributed by atoms with Crippen molar-refractivity contribution in [2.45, 2.75) is 27.2 Å². The van der Waals surface area contributed by atoms with Gasteiger partial charge >= 0.3 is 5.97 Å². The van der Waals surface area contributed by atoms with Crippen molar-refractivity contribution in [3.63, 3.8) is 0 Å². The predicted molar refractivity (Wildman–Crippen MR) is 63.7 cm³/mol. The van der Waals surface area contributed by atoms with E-state index in [1.807, 2.05) is 13.8 Å². The molecule has 1 N–H and O–H groups in total. The van der Waals surface area contributed by atoms with Gasteiger partial charge in [0.05, 0.1) is 6.61 Å². The molecule has 0 heterocycles. The van der Waals surface area contributed by atoms with Crippen molar-refractivity contribution >= 4 is 17.6 Å². The molecule has 0 saturated carbocycles. The number of carboxylic acid groups (broad SMARTS) is 1. The molecule has 1 rings (SSSR count). The Balaban J connectivity index is 3.50. The number of aromatic carboxylic acids is 1. The minimum Gasteiger partial charge on any atom is -0.493 e. The van der Waals surface area contributed by atoms with Gasteiger partial charge in [0.2, 0.25) is 0 Å². The van der Waals surface area contributed by atoms with Crippen LogP contribution in [0.4, 0.5) is 0 Å². The van der Waals surface area contributed by atoms with E-state index in [1.165, 1.54) is 0 Å². The van der Waals surface area contributed by atoms with Crippen LogP contribution in [0.3, 0.4) is 0 Å². The molecular formula is C12H15ClO3. The van der Waals surface area contributed by atoms with Crippen LogP contribution in [0.15, 0.2) is 6.07 Å². The van der Waals surface area contributed by atoms with Gasteiger partial charge < -0.3 is 9.84 Å². The van der Waals surface area contributed by atoms with Gasteiger partial charge in [-0.15, -0.1) is 0 Å². The maximum atomic E-state index is 11.2. The van der Waals surface area contributed by atoms with E-state index in [9.17, 15) is 9.90 Å². The lowest BCUT2D eigenvalue weighted by atomic mass is 10.0. The van der Waals surface area contributed by atoms with E-state index in [-0.39, 0.29) is 5.56 Å². The highest BCUT2D eigenvalue weighted by molar-refractivity contribution is 6.32. The summed E-state index contributed by atoms with van der Waals surface area (Å²) in [6.45, 7) is 5.90. The lowest BCUT2D eigenvalue weighted by molar-refractivity contribution is 0.0691. The summed E-state index contributed by atoms with van der Waals surface area (Å²) >= 11 is 6.00. The van der Waals surface area contributed by atoms with Crippen LogP contribution in [0.5, 0.6) is 5.75 Å². The number of carboxylic acids is 1. The molecule has 0 aliphatic rings. The molecule has 0 saturated heterocycles. The molecule has 0 fully saturated rings. The van der Waals surface area contributed by atoms with Crippen LogP contribution in [-0.4, -0.2) is 17.7 Å². The summed E-state index contributed by atoms with van der Waals surface area (Å²) in [5.41, 5.74) is 1.55. The van der Waals surface area contributed by atoms with Crippen LogP contribution < -0.4 is 4.74 Å². The number of hydrogen-bond donors (Lipinski definition) is 1. The third-order valence-corrected chi connectivity index (χ3v) is 2.83. The SMILES string of the molecule is CCOc1c(CC)cc(Cl)c(C)c1C(=O)O. The second-order valence-corrected chi connectivity index (χ2v) is 3.85. The van der Waals surface area contributed by atoms with Gasteiger partial charge in [0.15, 0.2) is 0 Å². The van der Waals surface area contributed by atoms with Crippen LogP contribution in [-0.2, 0) is 6.42 Å². The topological polar surface area (TPSA) is 46.5 Å². The van der Waals surface area contributed by atoms with Gasteiger partial charge in [-0.25, -0.2) is 4.79 Å². The number of benzene rings is 1. The Hall–Kier alpha value is -1.22. The van der Waals surface area contributed by atoms with Gasteiger partial charge in [0.1, 0.15) is 11.3 Å². The van der Waals surface area contributed by atoms with Crippen LogP contribution >= 0.6 is 11.6 Å². The molecule has 0 aromatic heterocycles. The van der Waals surface area contributed by atoms with Crippen molar-refractivity contribution in [3.8, 4) is 5.75 Å². The lowest BCUT2D eigenvalue weighted by Gasteiger charge is -2.15. The second-order valence-electron chi connectivity index (χ2n) is 3.44. The van der Waals surface area contributed by atoms with Gasteiger partial charge in [-0.2, -0.15) is 0 Å². The van der Waals surface area contributed by atoms with E-state index in [2.05, 4.69) is 0 Å². The first-order valence-electron chi connectivity index (χ1n) is 5.20. The fraction of sp³-hybridized carbons (Fsp3) is 0.417. The van der Waals surface area contributed by atoms with E-state index in [0.717, 1.165) is 5.56 Å². The summed E-state index contributed by atoms with van der Waals surface area (Å²) in [7, 11) is 0. The Morgan fingerprint density at radius 3 is 2.56 bits per heavy atom. The first-order valence-corrected chi connectivity index (χ1v) is 5.58. The van der Waals surface area contributed by atoms with Gasteiger partial charge in [-0.3, -0.25) is 0 Å². The molecule has 16 heavy (non-hydrogen) atoms. The Labute approximate surface area is 100.0 Å². The van der Waals surface area contributed by atoms with Crippen LogP contribution in [0.2, 0.25) is 5.02 Å². The standard InChI is InChI=1S/C12H15ClO3/c1-4-8-6-9(13)7(3)10(12(14)15)11(8)16-5-2/h6H,4-5H2,1-3H3,(H,14,15). The molecule has 0 atom stereocenters. The Morgan fingerprint density at radius 2 is 2.12 bits per heavy atom. The first kappa shape index (κ1) is 12.8. The second kappa shape index (κ2) is 5.21. The zero-order valence-corrected chi connectivity index (χ0v) is 10.4. The highest BCUT2D eigenvalue weighted by Crippen LogP contribution is 2.33. The minimum atomic E-state index is -1.00. The molecular weight excluding hydrogens is 228 g/mol. The van der Waals surface area contributed by atoms with E-state index in [0.29, 0.717) is 29.4 Å². The molecule has 0 radical (unpaired) electrons. The summed E-state index contributed by atoms with van der Waals surface area (Å²) in [6.07, 6.45) is 0.690. The number of aryl methyl sites for hydroxylation is 1. The van der Waals surface area contributed by atoms with Crippen molar-refractivity contribution < 1.29 is 14.6 Å². The highest BCUT2D eigenvalue weighted by atomic mass is 35.5. The predicted octanol–water partition coefficient (Wildman–Crippen LogP) is 3.31. The summed E-state index contributed by atoms with van der Waals surface area (Å²) in [5, 5.41) is 9.65. The Bertz CT molecular complexity index is 413. The summed E-state index contributed by atoms with van der Waals surface area (Å²) < 4.78 is 5.42. The maximum Gasteiger partial charge on any atom is 0.339 e. The molecule has 3 nitrogen and oxygen atoms in total. The van der Waals surface area contributed by atoms with Gasteiger partial charge in [0.25, 0.3) is 0 Å². The zero-order chi connectivity index (χ0) is 12.3. The van der Waals surface area contributed by atoms with E-state index in [4.69, 9.17) is 16.3 Å².